The van der Waals surface area contributed by atoms with Gasteiger partial charge in [-0.1, -0.05) is 6.07 Å². The number of hydrogen-bond donors (Lipinski definition) is 2. The number of anilines is 1. The van der Waals surface area contributed by atoms with Gasteiger partial charge in [0, 0.05) is 25.3 Å². The van der Waals surface area contributed by atoms with E-state index in [0.717, 1.165) is 24.3 Å². The van der Waals surface area contributed by atoms with E-state index in [0.29, 0.717) is 0 Å². The van der Waals surface area contributed by atoms with Crippen molar-refractivity contribution in [1.82, 2.24) is 14.8 Å². The number of nitrogen functional groups attached to an aromatic ring is 1. The van der Waals surface area contributed by atoms with E-state index < -0.39 is 0 Å². The van der Waals surface area contributed by atoms with Gasteiger partial charge in [0.15, 0.2) is 0 Å². The second-order valence-corrected chi connectivity index (χ2v) is 6.17. The summed E-state index contributed by atoms with van der Waals surface area (Å²) in [5.74, 6) is 6.91. The van der Waals surface area contributed by atoms with Gasteiger partial charge < -0.3 is 10.3 Å². The van der Waals surface area contributed by atoms with Crippen molar-refractivity contribution in [2.24, 2.45) is 11.8 Å². The van der Waals surface area contributed by atoms with E-state index in [-0.39, 0.29) is 0 Å². The number of aromatic nitrogens is 1. The van der Waals surface area contributed by atoms with Crippen molar-refractivity contribution in [2.45, 2.75) is 31.8 Å². The largest absolute Gasteiger partial charge is 0.308 e. The third-order valence-corrected chi connectivity index (χ3v) is 4.81. The summed E-state index contributed by atoms with van der Waals surface area (Å²) in [6, 6.07) is 4.86. The summed E-state index contributed by atoms with van der Waals surface area (Å²) in [6.45, 7) is 4.71. The lowest BCUT2D eigenvalue weighted by atomic mass is 9.84. The maximum atomic E-state index is 5.34. The van der Waals surface area contributed by atoms with Crippen LogP contribution in [0.25, 0.3) is 0 Å². The van der Waals surface area contributed by atoms with Crippen LogP contribution in [0.15, 0.2) is 18.3 Å². The standard InChI is InChI=1S/C15H25N5/c1-19-7-2-3-13-11-20(8-6-14(13)19)10-12-4-5-15(18-16)17-9-12/h4-5,9,13-14H,2-3,6-8,10-11,16H2,1H3,(H,17,18). The molecule has 2 aliphatic heterocycles. The molecule has 0 saturated carbocycles. The fraction of sp³-hybridized carbons (Fsp3) is 0.667. The lowest BCUT2D eigenvalue weighted by molar-refractivity contribution is 0.0354. The van der Waals surface area contributed by atoms with Gasteiger partial charge in [-0.05, 0) is 56.9 Å². The Morgan fingerprint density at radius 3 is 3.00 bits per heavy atom. The summed E-state index contributed by atoms with van der Waals surface area (Å²) in [7, 11) is 2.29. The van der Waals surface area contributed by atoms with Gasteiger partial charge in [0.1, 0.15) is 5.82 Å². The van der Waals surface area contributed by atoms with Crippen LogP contribution in [-0.2, 0) is 6.54 Å². The molecular weight excluding hydrogens is 250 g/mol. The number of nitrogens with two attached hydrogens (primary N) is 1. The van der Waals surface area contributed by atoms with E-state index in [1.54, 1.807) is 0 Å². The van der Waals surface area contributed by atoms with E-state index in [1.807, 2.05) is 12.3 Å². The molecule has 0 aliphatic carbocycles. The molecule has 3 heterocycles. The summed E-state index contributed by atoms with van der Waals surface area (Å²) in [5.41, 5.74) is 3.84. The van der Waals surface area contributed by atoms with E-state index in [9.17, 15) is 0 Å². The number of fused-ring (bicyclic) bond motifs is 1. The molecule has 20 heavy (non-hydrogen) atoms. The SMILES string of the molecule is CN1CCCC2CN(Cc3ccc(NN)nc3)CCC21. The third kappa shape index (κ3) is 2.95. The molecule has 2 atom stereocenters. The highest BCUT2D eigenvalue weighted by Crippen LogP contribution is 2.30. The number of likely N-dealkylation sites (tertiary alicyclic amines) is 2. The smallest absolute Gasteiger partial charge is 0.139 e. The number of hydrogen-bond acceptors (Lipinski definition) is 5. The number of pyridine rings is 1. The van der Waals surface area contributed by atoms with E-state index >= 15 is 0 Å². The Kier molecular flexibility index (Phi) is 4.19. The first-order valence-corrected chi connectivity index (χ1v) is 7.60. The Bertz CT molecular complexity index is 432. The Labute approximate surface area is 121 Å². The van der Waals surface area contributed by atoms with Gasteiger partial charge in [0.25, 0.3) is 0 Å². The van der Waals surface area contributed by atoms with Crippen LogP contribution in [0.4, 0.5) is 5.82 Å². The zero-order valence-electron chi connectivity index (χ0n) is 12.3. The highest BCUT2D eigenvalue weighted by atomic mass is 15.2. The average Bonchev–Trinajstić information content (AvgIpc) is 2.48. The minimum atomic E-state index is 0.723. The molecule has 0 aromatic carbocycles. The molecule has 110 valence electrons. The van der Waals surface area contributed by atoms with Gasteiger partial charge in [-0.25, -0.2) is 10.8 Å². The zero-order valence-corrected chi connectivity index (χ0v) is 12.3. The Hall–Kier alpha value is -1.17. The molecule has 0 amide bonds. The maximum Gasteiger partial charge on any atom is 0.139 e. The third-order valence-electron chi connectivity index (χ3n) is 4.81. The predicted molar refractivity (Wildman–Crippen MR) is 81.1 cm³/mol. The summed E-state index contributed by atoms with van der Waals surface area (Å²) in [6.07, 6.45) is 5.97. The lowest BCUT2D eigenvalue weighted by Crippen LogP contribution is -2.52. The van der Waals surface area contributed by atoms with Crippen molar-refractivity contribution in [2.75, 3.05) is 32.1 Å². The van der Waals surface area contributed by atoms with Gasteiger partial charge in [-0.15, -0.1) is 0 Å². The predicted octanol–water partition coefficient (Wildman–Crippen LogP) is 1.28. The minimum Gasteiger partial charge on any atom is -0.308 e. The van der Waals surface area contributed by atoms with Crippen LogP contribution in [0.3, 0.4) is 0 Å². The first kappa shape index (κ1) is 13.8. The molecule has 3 rings (SSSR count). The zero-order chi connectivity index (χ0) is 13.9. The number of rotatable bonds is 3. The van der Waals surface area contributed by atoms with Crippen molar-refractivity contribution in [3.8, 4) is 0 Å². The first-order chi connectivity index (χ1) is 9.76. The molecule has 5 nitrogen and oxygen atoms in total. The summed E-state index contributed by atoms with van der Waals surface area (Å²) < 4.78 is 0. The first-order valence-electron chi connectivity index (χ1n) is 7.60. The maximum absolute atomic E-state index is 5.34. The molecule has 5 heteroatoms. The van der Waals surface area contributed by atoms with Crippen molar-refractivity contribution in [1.29, 1.82) is 0 Å². The van der Waals surface area contributed by atoms with E-state index in [4.69, 9.17) is 5.84 Å². The number of piperidine rings is 2. The molecule has 0 radical (unpaired) electrons. The molecule has 3 N–H and O–H groups in total. The second kappa shape index (κ2) is 6.08. The topological polar surface area (TPSA) is 57.4 Å². The quantitative estimate of drug-likeness (QED) is 0.643. The summed E-state index contributed by atoms with van der Waals surface area (Å²) >= 11 is 0. The Morgan fingerprint density at radius 1 is 1.35 bits per heavy atom. The number of nitrogens with one attached hydrogen (secondary N) is 1. The Morgan fingerprint density at radius 2 is 2.25 bits per heavy atom. The van der Waals surface area contributed by atoms with Crippen LogP contribution in [0.2, 0.25) is 0 Å². The molecule has 2 aliphatic rings. The van der Waals surface area contributed by atoms with E-state index in [1.165, 1.54) is 44.5 Å². The number of nitrogens with zero attached hydrogens (tertiary/aromatic N) is 3. The van der Waals surface area contributed by atoms with Gasteiger partial charge in [0.2, 0.25) is 0 Å². The van der Waals surface area contributed by atoms with Crippen LogP contribution < -0.4 is 11.3 Å². The van der Waals surface area contributed by atoms with Gasteiger partial charge in [-0.2, -0.15) is 0 Å². The highest BCUT2D eigenvalue weighted by Gasteiger charge is 2.33. The van der Waals surface area contributed by atoms with Gasteiger partial charge >= 0.3 is 0 Å². The van der Waals surface area contributed by atoms with Crippen LogP contribution in [0.1, 0.15) is 24.8 Å². The minimum absolute atomic E-state index is 0.723. The molecule has 0 spiro atoms. The molecular formula is C15H25N5. The molecule has 2 unspecified atom stereocenters. The normalized spacial score (nSPS) is 28.1. The molecule has 2 saturated heterocycles. The van der Waals surface area contributed by atoms with E-state index in [2.05, 4.69) is 33.3 Å². The highest BCUT2D eigenvalue weighted by molar-refractivity contribution is 5.33. The van der Waals surface area contributed by atoms with Crippen molar-refractivity contribution in [3.05, 3.63) is 23.9 Å². The van der Waals surface area contributed by atoms with Crippen molar-refractivity contribution >= 4 is 5.82 Å². The lowest BCUT2D eigenvalue weighted by Gasteiger charge is -2.46. The average molecular weight is 275 g/mol. The van der Waals surface area contributed by atoms with Crippen LogP contribution in [-0.4, -0.2) is 47.5 Å². The van der Waals surface area contributed by atoms with Gasteiger partial charge in [-0.3, -0.25) is 4.90 Å². The Balaban J connectivity index is 1.58. The van der Waals surface area contributed by atoms with Crippen LogP contribution >= 0.6 is 0 Å². The second-order valence-electron chi connectivity index (χ2n) is 6.17. The summed E-state index contributed by atoms with van der Waals surface area (Å²) in [4.78, 5) is 9.43. The van der Waals surface area contributed by atoms with Crippen LogP contribution in [0.5, 0.6) is 0 Å². The fourth-order valence-corrected chi connectivity index (χ4v) is 3.73. The van der Waals surface area contributed by atoms with Crippen LogP contribution in [0, 0.1) is 5.92 Å². The summed E-state index contributed by atoms with van der Waals surface area (Å²) in [5, 5.41) is 0. The molecule has 1 aromatic rings. The van der Waals surface area contributed by atoms with Crippen molar-refractivity contribution < 1.29 is 0 Å². The number of hydrazine groups is 1. The fourth-order valence-electron chi connectivity index (χ4n) is 3.73. The molecule has 2 fully saturated rings. The monoisotopic (exact) mass is 275 g/mol. The van der Waals surface area contributed by atoms with Gasteiger partial charge in [0.05, 0.1) is 0 Å². The van der Waals surface area contributed by atoms with Crippen molar-refractivity contribution in [3.63, 3.8) is 0 Å². The molecule has 0 bridgehead atoms. The molecule has 1 aromatic heterocycles.